The van der Waals surface area contributed by atoms with Gasteiger partial charge in [0.15, 0.2) is 0 Å². The molecule has 0 aromatic heterocycles. The molecule has 13 heteroatoms. The maximum absolute atomic E-state index is 10.7. The van der Waals surface area contributed by atoms with Crippen molar-refractivity contribution in [1.82, 2.24) is 15.1 Å². The molecule has 0 fully saturated rings. The van der Waals surface area contributed by atoms with Crippen LogP contribution in [0.15, 0.2) is 30.3 Å². The van der Waals surface area contributed by atoms with E-state index in [1.54, 1.807) is 0 Å². The topological polar surface area (TPSA) is 205 Å². The molecule has 0 spiro atoms. The molecular weight excluding hydrogens is 490 g/mol. The van der Waals surface area contributed by atoms with Crippen LogP contribution < -0.4 is 5.32 Å². The van der Waals surface area contributed by atoms with Gasteiger partial charge in [-0.05, 0) is 31.9 Å². The van der Waals surface area contributed by atoms with Crippen molar-refractivity contribution in [3.63, 3.8) is 0 Å². The van der Waals surface area contributed by atoms with Crippen molar-refractivity contribution in [3.05, 3.63) is 35.9 Å². The molecule has 0 saturated carbocycles. The quantitative estimate of drug-likeness (QED) is 0.153. The molecule has 1 aromatic rings. The molecule has 0 radical (unpaired) electrons. The number of carboxylic acid groups (broad SMARTS) is 5. The number of carbonyl (C=O) groups is 5. The lowest BCUT2D eigenvalue weighted by Crippen LogP contribution is -2.41. The molecular formula is C24H39N3O10. The molecule has 13 nitrogen and oxygen atoms in total. The lowest BCUT2D eigenvalue weighted by molar-refractivity contribution is -0.144. The van der Waals surface area contributed by atoms with Crippen LogP contribution in [0.1, 0.15) is 32.8 Å². The van der Waals surface area contributed by atoms with Crippen LogP contribution in [0.5, 0.6) is 0 Å². The van der Waals surface area contributed by atoms with Crippen molar-refractivity contribution in [1.29, 1.82) is 0 Å². The monoisotopic (exact) mass is 529 g/mol. The van der Waals surface area contributed by atoms with Gasteiger partial charge in [0.1, 0.15) is 0 Å². The minimum absolute atomic E-state index is 0.139. The van der Waals surface area contributed by atoms with E-state index >= 15 is 0 Å². The molecule has 1 atom stereocenters. The summed E-state index contributed by atoms with van der Waals surface area (Å²) in [5.41, 5.74) is 1.06. The second kappa shape index (κ2) is 21.7. The van der Waals surface area contributed by atoms with E-state index in [9.17, 15) is 24.0 Å². The zero-order chi connectivity index (χ0) is 28.8. The normalized spacial score (nSPS) is 10.9. The predicted molar refractivity (Wildman–Crippen MR) is 135 cm³/mol. The first-order valence-corrected chi connectivity index (χ1v) is 11.7. The van der Waals surface area contributed by atoms with E-state index in [0.29, 0.717) is 19.4 Å². The summed E-state index contributed by atoms with van der Waals surface area (Å²) < 4.78 is 0. The number of nitrogens with one attached hydrogen (secondary N) is 1. The van der Waals surface area contributed by atoms with Crippen LogP contribution in [0.4, 0.5) is 0 Å². The van der Waals surface area contributed by atoms with E-state index in [-0.39, 0.29) is 45.3 Å². The van der Waals surface area contributed by atoms with Crippen molar-refractivity contribution in [2.24, 2.45) is 0 Å². The highest BCUT2D eigenvalue weighted by Crippen LogP contribution is 2.08. The first kappa shape index (κ1) is 35.6. The fraction of sp³-hybridized carbons (Fsp3) is 0.542. The fourth-order valence-electron chi connectivity index (χ4n) is 3.02. The highest BCUT2D eigenvalue weighted by Gasteiger charge is 2.19. The van der Waals surface area contributed by atoms with E-state index in [4.69, 9.17) is 25.5 Å². The van der Waals surface area contributed by atoms with Crippen LogP contribution in [-0.2, 0) is 30.4 Å². The average molecular weight is 530 g/mol. The molecule has 1 unspecified atom stereocenters. The molecule has 0 heterocycles. The molecule has 0 aliphatic rings. The predicted octanol–water partition coefficient (Wildman–Crippen LogP) is 0.637. The summed E-state index contributed by atoms with van der Waals surface area (Å²) in [6, 6.07) is 9.45. The lowest BCUT2D eigenvalue weighted by atomic mass is 10.1. The Morgan fingerprint density at radius 1 is 0.757 bits per heavy atom. The number of rotatable bonds is 17. The molecule has 210 valence electrons. The van der Waals surface area contributed by atoms with Crippen LogP contribution in [0, 0.1) is 0 Å². The van der Waals surface area contributed by atoms with E-state index in [1.165, 1.54) is 9.80 Å². The van der Waals surface area contributed by atoms with E-state index in [0.717, 1.165) is 5.56 Å². The maximum atomic E-state index is 10.7. The number of nitrogens with zero attached hydrogens (tertiary/aromatic N) is 2. The summed E-state index contributed by atoms with van der Waals surface area (Å²) in [7, 11) is 0. The van der Waals surface area contributed by atoms with Gasteiger partial charge in [0.05, 0.1) is 32.7 Å². The second-order valence-electron chi connectivity index (χ2n) is 7.65. The minimum Gasteiger partial charge on any atom is -0.480 e. The third kappa shape index (κ3) is 22.6. The summed E-state index contributed by atoms with van der Waals surface area (Å²) >= 11 is 0. The lowest BCUT2D eigenvalue weighted by Gasteiger charge is -2.25. The van der Waals surface area contributed by atoms with Gasteiger partial charge in [-0.15, -0.1) is 0 Å². The molecule has 0 bridgehead atoms. The molecule has 6 N–H and O–H groups in total. The number of hydrogen-bond donors (Lipinski definition) is 6. The Balaban J connectivity index is 0. The van der Waals surface area contributed by atoms with Gasteiger partial charge in [-0.25, -0.2) is 0 Å². The Kier molecular flexibility index (Phi) is 20.9. The van der Waals surface area contributed by atoms with E-state index in [2.05, 4.69) is 5.32 Å². The van der Waals surface area contributed by atoms with Gasteiger partial charge in [0, 0.05) is 12.6 Å². The van der Waals surface area contributed by atoms with Crippen LogP contribution in [-0.4, -0.2) is 117 Å². The third-order valence-corrected chi connectivity index (χ3v) is 4.50. The van der Waals surface area contributed by atoms with Crippen LogP contribution in [0.2, 0.25) is 0 Å². The minimum atomic E-state index is -1.09. The van der Waals surface area contributed by atoms with E-state index < -0.39 is 29.8 Å². The van der Waals surface area contributed by atoms with Gasteiger partial charge in [0.2, 0.25) is 0 Å². The van der Waals surface area contributed by atoms with Crippen LogP contribution >= 0.6 is 0 Å². The Morgan fingerprint density at radius 2 is 1.22 bits per heavy atom. The van der Waals surface area contributed by atoms with Gasteiger partial charge in [-0.3, -0.25) is 33.8 Å². The number of carboxylic acids is 5. The Labute approximate surface area is 216 Å². The first-order valence-electron chi connectivity index (χ1n) is 11.7. The van der Waals surface area contributed by atoms with Crippen LogP contribution in [0.25, 0.3) is 0 Å². The largest absolute Gasteiger partial charge is 0.480 e. The van der Waals surface area contributed by atoms with Crippen molar-refractivity contribution in [2.45, 2.75) is 39.7 Å². The van der Waals surface area contributed by atoms with Crippen molar-refractivity contribution in [2.75, 3.05) is 45.8 Å². The second-order valence-corrected chi connectivity index (χ2v) is 7.65. The zero-order valence-corrected chi connectivity index (χ0v) is 21.5. The molecule has 0 aliphatic heterocycles. The first-order chi connectivity index (χ1) is 17.4. The highest BCUT2D eigenvalue weighted by atomic mass is 16.4. The smallest absolute Gasteiger partial charge is 0.317 e. The Hall–Kier alpha value is -3.55. The van der Waals surface area contributed by atoms with E-state index in [1.807, 2.05) is 51.1 Å². The summed E-state index contributed by atoms with van der Waals surface area (Å²) in [4.78, 5) is 55.2. The van der Waals surface area contributed by atoms with Crippen molar-refractivity contribution in [3.8, 4) is 0 Å². The summed E-state index contributed by atoms with van der Waals surface area (Å²) in [6.45, 7) is 5.13. The van der Waals surface area contributed by atoms with Gasteiger partial charge < -0.3 is 30.8 Å². The SMILES string of the molecule is CC.CC(Cc1ccccc1)N(CC(=O)O)CC(=O)O.O=C(O)CNCCCN(CC(=O)O)CC(=O)O. The molecule has 1 aromatic carbocycles. The van der Waals surface area contributed by atoms with Crippen LogP contribution in [0.3, 0.4) is 0 Å². The summed E-state index contributed by atoms with van der Waals surface area (Å²) in [6.07, 6.45) is 1.11. The maximum Gasteiger partial charge on any atom is 0.317 e. The molecule has 37 heavy (non-hydrogen) atoms. The van der Waals surface area contributed by atoms with Crippen molar-refractivity contribution < 1.29 is 49.5 Å². The number of benzene rings is 1. The fourth-order valence-corrected chi connectivity index (χ4v) is 3.02. The molecule has 0 aliphatic carbocycles. The molecule has 1 rings (SSSR count). The zero-order valence-electron chi connectivity index (χ0n) is 21.5. The highest BCUT2D eigenvalue weighted by molar-refractivity contribution is 5.73. The Morgan fingerprint density at radius 3 is 1.62 bits per heavy atom. The van der Waals surface area contributed by atoms with Gasteiger partial charge in [-0.1, -0.05) is 44.2 Å². The van der Waals surface area contributed by atoms with Gasteiger partial charge >= 0.3 is 29.8 Å². The molecule has 0 amide bonds. The summed E-state index contributed by atoms with van der Waals surface area (Å²) in [5.74, 6) is -5.19. The summed E-state index contributed by atoms with van der Waals surface area (Å²) in [5, 5.41) is 45.6. The van der Waals surface area contributed by atoms with Gasteiger partial charge in [-0.2, -0.15) is 0 Å². The number of hydrogen-bond acceptors (Lipinski definition) is 8. The average Bonchev–Trinajstić information content (AvgIpc) is 2.79. The standard InChI is InChI=1S/C13H17NO4.C9H16N2O6.C2H6/c1-10(7-11-5-3-2-4-6-11)14(8-12(15)16)9-13(17)18;12-7(13)4-10-2-1-3-11(5-8(14)15)6-9(16)17;1-2/h2-6,10H,7-9H2,1H3,(H,15,16)(H,17,18);10H,1-6H2,(H,12,13)(H,14,15)(H,16,17);1-2H3. The Bertz CT molecular complexity index is 788. The van der Waals surface area contributed by atoms with Gasteiger partial charge in [0.25, 0.3) is 0 Å². The number of aliphatic carboxylic acids is 5. The molecule has 0 saturated heterocycles. The third-order valence-electron chi connectivity index (χ3n) is 4.50. The van der Waals surface area contributed by atoms with Crippen molar-refractivity contribution >= 4 is 29.8 Å².